The van der Waals surface area contributed by atoms with Crippen LogP contribution in [0.5, 0.6) is 0 Å². The van der Waals surface area contributed by atoms with Gasteiger partial charge in [-0.25, -0.2) is 0 Å². The van der Waals surface area contributed by atoms with Crippen LogP contribution in [0.3, 0.4) is 0 Å². The van der Waals surface area contributed by atoms with Crippen LogP contribution < -0.4 is 5.73 Å². The van der Waals surface area contributed by atoms with Gasteiger partial charge in [-0.2, -0.15) is 13.2 Å². The third-order valence-electron chi connectivity index (χ3n) is 2.37. The molecule has 1 aromatic rings. The van der Waals surface area contributed by atoms with Crippen molar-refractivity contribution in [3.63, 3.8) is 0 Å². The Hall–Kier alpha value is -1.07. The Morgan fingerprint density at radius 1 is 1.25 bits per heavy atom. The Morgan fingerprint density at radius 3 is 2.12 bits per heavy atom. The molecule has 2 atom stereocenters. The van der Waals surface area contributed by atoms with Crippen LogP contribution in [0, 0.1) is 0 Å². The molecule has 0 radical (unpaired) electrons. The average molecular weight is 233 g/mol. The normalized spacial score (nSPS) is 15.9. The smallest absolute Gasteiger partial charge is 0.392 e. The minimum absolute atomic E-state index is 0.357. The Bertz CT molecular complexity index is 332. The second-order valence-electron chi connectivity index (χ2n) is 3.80. The standard InChI is InChI=1S/C11H14F3NO/c1-7(16)10(15)6-8-2-4-9(5-3-8)11(12,13)14/h2-5,7,10,16H,6,15H2,1H3/t7-,10-/m0/s1. The Balaban J connectivity index is 2.72. The van der Waals surface area contributed by atoms with Crippen LogP contribution in [-0.4, -0.2) is 17.3 Å². The molecule has 0 saturated heterocycles. The number of hydrogen-bond acceptors (Lipinski definition) is 2. The van der Waals surface area contributed by atoms with E-state index in [-0.39, 0.29) is 0 Å². The van der Waals surface area contributed by atoms with Gasteiger partial charge in [-0.15, -0.1) is 0 Å². The lowest BCUT2D eigenvalue weighted by atomic mass is 10.0. The van der Waals surface area contributed by atoms with E-state index in [0.717, 1.165) is 12.1 Å². The van der Waals surface area contributed by atoms with Crippen LogP contribution in [0.15, 0.2) is 24.3 Å². The van der Waals surface area contributed by atoms with Gasteiger partial charge in [0, 0.05) is 6.04 Å². The van der Waals surface area contributed by atoms with Crippen molar-refractivity contribution < 1.29 is 18.3 Å². The second-order valence-corrected chi connectivity index (χ2v) is 3.80. The van der Waals surface area contributed by atoms with Gasteiger partial charge < -0.3 is 10.8 Å². The van der Waals surface area contributed by atoms with Gasteiger partial charge in [-0.05, 0) is 31.0 Å². The molecular weight excluding hydrogens is 219 g/mol. The fourth-order valence-electron chi connectivity index (χ4n) is 1.27. The topological polar surface area (TPSA) is 46.2 Å². The van der Waals surface area contributed by atoms with Crippen LogP contribution in [0.4, 0.5) is 13.2 Å². The third kappa shape index (κ3) is 3.50. The van der Waals surface area contributed by atoms with Crippen LogP contribution in [-0.2, 0) is 12.6 Å². The van der Waals surface area contributed by atoms with Gasteiger partial charge in [0.05, 0.1) is 11.7 Å². The Kier molecular flexibility index (Phi) is 3.93. The largest absolute Gasteiger partial charge is 0.416 e. The lowest BCUT2D eigenvalue weighted by Crippen LogP contribution is -2.34. The molecule has 0 heterocycles. The minimum Gasteiger partial charge on any atom is -0.392 e. The number of alkyl halides is 3. The van der Waals surface area contributed by atoms with Crippen molar-refractivity contribution >= 4 is 0 Å². The fraction of sp³-hybridized carbons (Fsp3) is 0.455. The monoisotopic (exact) mass is 233 g/mol. The van der Waals surface area contributed by atoms with Crippen molar-refractivity contribution in [3.8, 4) is 0 Å². The number of rotatable bonds is 3. The van der Waals surface area contributed by atoms with Gasteiger partial charge in [0.15, 0.2) is 0 Å². The number of aliphatic hydroxyl groups excluding tert-OH is 1. The first-order valence-electron chi connectivity index (χ1n) is 4.90. The summed E-state index contributed by atoms with van der Waals surface area (Å²) in [6.07, 6.45) is -4.64. The van der Waals surface area contributed by atoms with Crippen molar-refractivity contribution in [1.82, 2.24) is 0 Å². The van der Waals surface area contributed by atoms with Crippen LogP contribution >= 0.6 is 0 Å². The van der Waals surface area contributed by atoms with E-state index in [9.17, 15) is 13.2 Å². The molecule has 5 heteroatoms. The number of benzene rings is 1. The highest BCUT2D eigenvalue weighted by molar-refractivity contribution is 5.25. The maximum absolute atomic E-state index is 12.2. The summed E-state index contributed by atoms with van der Waals surface area (Å²) < 4.78 is 36.7. The first kappa shape index (κ1) is 13.0. The van der Waals surface area contributed by atoms with Gasteiger partial charge in [-0.1, -0.05) is 12.1 Å². The Labute approximate surface area is 91.9 Å². The highest BCUT2D eigenvalue weighted by Gasteiger charge is 2.29. The number of nitrogens with two attached hydrogens (primary N) is 1. The third-order valence-corrected chi connectivity index (χ3v) is 2.37. The van der Waals surface area contributed by atoms with E-state index in [4.69, 9.17) is 10.8 Å². The molecule has 0 bridgehead atoms. The molecule has 1 rings (SSSR count). The van der Waals surface area contributed by atoms with Crippen molar-refractivity contribution in [1.29, 1.82) is 0 Å². The first-order chi connectivity index (χ1) is 7.30. The summed E-state index contributed by atoms with van der Waals surface area (Å²) in [6, 6.07) is 4.33. The molecule has 0 aromatic heterocycles. The molecule has 0 aliphatic rings. The molecule has 2 nitrogen and oxygen atoms in total. The number of aliphatic hydroxyl groups is 1. The van der Waals surface area contributed by atoms with Crippen molar-refractivity contribution in [2.75, 3.05) is 0 Å². The van der Waals surface area contributed by atoms with Gasteiger partial charge in [0.25, 0.3) is 0 Å². The predicted octanol–water partition coefficient (Wildman–Crippen LogP) is 1.96. The molecule has 0 spiro atoms. The summed E-state index contributed by atoms with van der Waals surface area (Å²) in [4.78, 5) is 0. The summed E-state index contributed by atoms with van der Waals surface area (Å²) in [7, 11) is 0. The predicted molar refractivity (Wildman–Crippen MR) is 54.8 cm³/mol. The molecular formula is C11H14F3NO. The van der Waals surface area contributed by atoms with Gasteiger partial charge in [-0.3, -0.25) is 0 Å². The van der Waals surface area contributed by atoms with E-state index in [1.165, 1.54) is 12.1 Å². The first-order valence-corrected chi connectivity index (χ1v) is 4.90. The molecule has 90 valence electrons. The van der Waals surface area contributed by atoms with Crippen molar-refractivity contribution in [3.05, 3.63) is 35.4 Å². The van der Waals surface area contributed by atoms with E-state index in [0.29, 0.717) is 12.0 Å². The minimum atomic E-state index is -4.31. The molecule has 0 unspecified atom stereocenters. The summed E-state index contributed by atoms with van der Waals surface area (Å²) in [5.41, 5.74) is 5.60. The van der Waals surface area contributed by atoms with E-state index in [1.807, 2.05) is 0 Å². The molecule has 0 aliphatic carbocycles. The summed E-state index contributed by atoms with van der Waals surface area (Å²) >= 11 is 0. The van der Waals surface area contributed by atoms with Gasteiger partial charge in [0.2, 0.25) is 0 Å². The maximum atomic E-state index is 12.2. The quantitative estimate of drug-likeness (QED) is 0.838. The molecule has 3 N–H and O–H groups in total. The van der Waals surface area contributed by atoms with E-state index in [2.05, 4.69) is 0 Å². The zero-order chi connectivity index (χ0) is 12.3. The van der Waals surface area contributed by atoms with E-state index < -0.39 is 23.9 Å². The zero-order valence-corrected chi connectivity index (χ0v) is 8.83. The van der Waals surface area contributed by atoms with Crippen molar-refractivity contribution in [2.24, 2.45) is 5.73 Å². The molecule has 0 fully saturated rings. The van der Waals surface area contributed by atoms with Crippen LogP contribution in [0.1, 0.15) is 18.1 Å². The number of halogens is 3. The molecule has 0 amide bonds. The summed E-state index contributed by atoms with van der Waals surface area (Å²) in [5, 5.41) is 9.16. The van der Waals surface area contributed by atoms with Crippen LogP contribution in [0.2, 0.25) is 0 Å². The number of hydrogen-bond donors (Lipinski definition) is 2. The summed E-state index contributed by atoms with van der Waals surface area (Å²) in [5.74, 6) is 0. The maximum Gasteiger partial charge on any atom is 0.416 e. The molecule has 0 saturated carbocycles. The Morgan fingerprint density at radius 2 is 1.75 bits per heavy atom. The average Bonchev–Trinajstić information content (AvgIpc) is 2.17. The highest BCUT2D eigenvalue weighted by Crippen LogP contribution is 2.29. The second kappa shape index (κ2) is 4.84. The fourth-order valence-corrected chi connectivity index (χ4v) is 1.27. The van der Waals surface area contributed by atoms with Gasteiger partial charge >= 0.3 is 6.18 Å². The van der Waals surface area contributed by atoms with E-state index >= 15 is 0 Å². The van der Waals surface area contributed by atoms with E-state index in [1.54, 1.807) is 6.92 Å². The molecule has 0 aliphatic heterocycles. The zero-order valence-electron chi connectivity index (χ0n) is 8.83. The lowest BCUT2D eigenvalue weighted by molar-refractivity contribution is -0.137. The lowest BCUT2D eigenvalue weighted by Gasteiger charge is -2.15. The SMILES string of the molecule is C[C@H](O)[C@@H](N)Cc1ccc(C(F)(F)F)cc1. The van der Waals surface area contributed by atoms with Gasteiger partial charge in [0.1, 0.15) is 0 Å². The van der Waals surface area contributed by atoms with Crippen molar-refractivity contribution in [2.45, 2.75) is 31.7 Å². The summed E-state index contributed by atoms with van der Waals surface area (Å²) in [6.45, 7) is 1.55. The highest BCUT2D eigenvalue weighted by atomic mass is 19.4. The van der Waals surface area contributed by atoms with Crippen LogP contribution in [0.25, 0.3) is 0 Å². The molecule has 16 heavy (non-hydrogen) atoms. The molecule has 1 aromatic carbocycles.